The lowest BCUT2D eigenvalue weighted by molar-refractivity contribution is 0.906. The number of likely N-dealkylation sites (N-methyl/N-ethyl adjacent to an activating group) is 1. The van der Waals surface area contributed by atoms with Gasteiger partial charge >= 0.3 is 0 Å². The van der Waals surface area contributed by atoms with Crippen LogP contribution in [0.25, 0.3) is 0 Å². The SMILES string of the molecule is C=CCN(CC)c1cc(Br)cc(C#N)c1. The van der Waals surface area contributed by atoms with Crippen LogP contribution in [0.3, 0.4) is 0 Å². The van der Waals surface area contributed by atoms with Crippen molar-refractivity contribution in [1.82, 2.24) is 0 Å². The predicted octanol–water partition coefficient (Wildman–Crippen LogP) is 3.33. The maximum Gasteiger partial charge on any atom is 0.0992 e. The number of hydrogen-bond acceptors (Lipinski definition) is 2. The second kappa shape index (κ2) is 5.57. The van der Waals surface area contributed by atoms with Crippen LogP contribution in [0.1, 0.15) is 12.5 Å². The molecule has 0 aliphatic carbocycles. The fourth-order valence-corrected chi connectivity index (χ4v) is 1.88. The summed E-state index contributed by atoms with van der Waals surface area (Å²) >= 11 is 3.40. The molecule has 0 unspecified atom stereocenters. The van der Waals surface area contributed by atoms with Crippen LogP contribution < -0.4 is 4.90 Å². The third kappa shape index (κ3) is 3.10. The lowest BCUT2D eigenvalue weighted by atomic mass is 10.2. The lowest BCUT2D eigenvalue weighted by Crippen LogP contribution is -2.22. The summed E-state index contributed by atoms with van der Waals surface area (Å²) < 4.78 is 0.930. The van der Waals surface area contributed by atoms with Gasteiger partial charge in [-0.1, -0.05) is 22.0 Å². The fraction of sp³-hybridized carbons (Fsp3) is 0.250. The molecule has 0 heterocycles. The molecule has 78 valence electrons. The maximum absolute atomic E-state index is 8.86. The highest BCUT2D eigenvalue weighted by molar-refractivity contribution is 9.10. The molecule has 0 N–H and O–H groups in total. The minimum Gasteiger partial charge on any atom is -0.368 e. The van der Waals surface area contributed by atoms with Gasteiger partial charge < -0.3 is 4.90 Å². The zero-order valence-electron chi connectivity index (χ0n) is 8.70. The van der Waals surface area contributed by atoms with Gasteiger partial charge in [-0.3, -0.25) is 0 Å². The highest BCUT2D eigenvalue weighted by Crippen LogP contribution is 2.22. The summed E-state index contributed by atoms with van der Waals surface area (Å²) in [5.41, 5.74) is 1.71. The smallest absolute Gasteiger partial charge is 0.0992 e. The van der Waals surface area contributed by atoms with Gasteiger partial charge in [0.1, 0.15) is 0 Å². The van der Waals surface area contributed by atoms with Crippen molar-refractivity contribution in [2.24, 2.45) is 0 Å². The third-order valence-electron chi connectivity index (χ3n) is 2.11. The van der Waals surface area contributed by atoms with E-state index < -0.39 is 0 Å². The van der Waals surface area contributed by atoms with Crippen LogP contribution in [-0.2, 0) is 0 Å². The zero-order chi connectivity index (χ0) is 11.3. The molecule has 0 saturated carbocycles. The van der Waals surface area contributed by atoms with Gasteiger partial charge in [-0.05, 0) is 25.1 Å². The van der Waals surface area contributed by atoms with Crippen molar-refractivity contribution < 1.29 is 0 Å². The Balaban J connectivity index is 3.06. The summed E-state index contributed by atoms with van der Waals surface area (Å²) in [7, 11) is 0. The van der Waals surface area contributed by atoms with E-state index in [9.17, 15) is 0 Å². The van der Waals surface area contributed by atoms with Crippen LogP contribution in [-0.4, -0.2) is 13.1 Å². The molecule has 1 rings (SSSR count). The first-order valence-corrected chi connectivity index (χ1v) is 5.57. The van der Waals surface area contributed by atoms with Crippen LogP contribution in [0, 0.1) is 11.3 Å². The number of benzene rings is 1. The summed E-state index contributed by atoms with van der Waals surface area (Å²) in [4.78, 5) is 2.15. The Morgan fingerprint density at radius 3 is 2.80 bits per heavy atom. The van der Waals surface area contributed by atoms with Gasteiger partial charge in [-0.25, -0.2) is 0 Å². The Bertz CT molecular complexity index is 393. The topological polar surface area (TPSA) is 27.0 Å². The predicted molar refractivity (Wildman–Crippen MR) is 66.9 cm³/mol. The first kappa shape index (κ1) is 11.8. The average molecular weight is 265 g/mol. The van der Waals surface area contributed by atoms with Crippen LogP contribution in [0.4, 0.5) is 5.69 Å². The highest BCUT2D eigenvalue weighted by atomic mass is 79.9. The normalized spacial score (nSPS) is 9.40. The summed E-state index contributed by atoms with van der Waals surface area (Å²) in [6.07, 6.45) is 1.86. The summed E-state index contributed by atoms with van der Waals surface area (Å²) in [5.74, 6) is 0. The molecule has 1 aromatic rings. The average Bonchev–Trinajstić information content (AvgIpc) is 2.24. The molecule has 0 radical (unpaired) electrons. The quantitative estimate of drug-likeness (QED) is 0.781. The number of anilines is 1. The first-order valence-electron chi connectivity index (χ1n) is 4.77. The summed E-state index contributed by atoms with van der Waals surface area (Å²) in [6, 6.07) is 7.85. The van der Waals surface area contributed by atoms with Crippen molar-refractivity contribution in [3.63, 3.8) is 0 Å². The molecular weight excluding hydrogens is 252 g/mol. The van der Waals surface area contributed by atoms with E-state index in [4.69, 9.17) is 5.26 Å². The van der Waals surface area contributed by atoms with Crippen molar-refractivity contribution in [2.75, 3.05) is 18.0 Å². The van der Waals surface area contributed by atoms with Gasteiger partial charge in [0.05, 0.1) is 11.6 Å². The molecule has 0 amide bonds. The fourth-order valence-electron chi connectivity index (χ4n) is 1.39. The Morgan fingerprint density at radius 2 is 2.27 bits per heavy atom. The number of nitriles is 1. The molecule has 0 spiro atoms. The standard InChI is InChI=1S/C12H13BrN2/c1-3-5-15(4-2)12-7-10(9-14)6-11(13)8-12/h3,6-8H,1,4-5H2,2H3. The highest BCUT2D eigenvalue weighted by Gasteiger charge is 2.04. The monoisotopic (exact) mass is 264 g/mol. The molecule has 0 atom stereocenters. The van der Waals surface area contributed by atoms with E-state index in [1.165, 1.54) is 0 Å². The zero-order valence-corrected chi connectivity index (χ0v) is 10.3. The van der Waals surface area contributed by atoms with Crippen molar-refractivity contribution in [2.45, 2.75) is 6.92 Å². The molecule has 0 aliphatic heterocycles. The molecule has 3 heteroatoms. The molecule has 0 saturated heterocycles. The van der Waals surface area contributed by atoms with Crippen molar-refractivity contribution in [3.8, 4) is 6.07 Å². The molecule has 1 aromatic carbocycles. The van der Waals surface area contributed by atoms with E-state index in [-0.39, 0.29) is 0 Å². The van der Waals surface area contributed by atoms with E-state index in [0.29, 0.717) is 5.56 Å². The van der Waals surface area contributed by atoms with E-state index in [2.05, 4.69) is 40.4 Å². The van der Waals surface area contributed by atoms with Crippen molar-refractivity contribution in [3.05, 3.63) is 40.9 Å². The summed E-state index contributed by atoms with van der Waals surface area (Å²) in [6.45, 7) is 7.49. The molecule has 0 bridgehead atoms. The van der Waals surface area contributed by atoms with E-state index >= 15 is 0 Å². The third-order valence-corrected chi connectivity index (χ3v) is 2.57. The Labute approximate surface area is 99.0 Å². The van der Waals surface area contributed by atoms with Gasteiger partial charge in [0, 0.05) is 23.2 Å². The number of hydrogen-bond donors (Lipinski definition) is 0. The van der Waals surface area contributed by atoms with Gasteiger partial charge in [0.25, 0.3) is 0 Å². The second-order valence-electron chi connectivity index (χ2n) is 3.14. The van der Waals surface area contributed by atoms with E-state index in [0.717, 1.165) is 23.2 Å². The number of nitrogens with zero attached hydrogens (tertiary/aromatic N) is 2. The van der Waals surface area contributed by atoms with Crippen LogP contribution in [0.2, 0.25) is 0 Å². The molecule has 0 fully saturated rings. The van der Waals surface area contributed by atoms with Crippen LogP contribution in [0.15, 0.2) is 35.3 Å². The van der Waals surface area contributed by atoms with E-state index in [1.807, 2.05) is 24.3 Å². The van der Waals surface area contributed by atoms with Crippen LogP contribution in [0.5, 0.6) is 0 Å². The van der Waals surface area contributed by atoms with Gasteiger partial charge in [0.15, 0.2) is 0 Å². The van der Waals surface area contributed by atoms with Crippen molar-refractivity contribution >= 4 is 21.6 Å². The minimum absolute atomic E-state index is 0.668. The van der Waals surface area contributed by atoms with Gasteiger partial charge in [-0.15, -0.1) is 6.58 Å². The first-order chi connectivity index (χ1) is 7.21. The Morgan fingerprint density at radius 1 is 1.53 bits per heavy atom. The van der Waals surface area contributed by atoms with Gasteiger partial charge in [-0.2, -0.15) is 5.26 Å². The number of halogens is 1. The second-order valence-corrected chi connectivity index (χ2v) is 4.05. The summed E-state index contributed by atoms with van der Waals surface area (Å²) in [5, 5.41) is 8.86. The van der Waals surface area contributed by atoms with E-state index in [1.54, 1.807) is 0 Å². The van der Waals surface area contributed by atoms with Gasteiger partial charge in [0.2, 0.25) is 0 Å². The Kier molecular flexibility index (Phi) is 4.38. The largest absolute Gasteiger partial charge is 0.368 e. The van der Waals surface area contributed by atoms with Crippen molar-refractivity contribution in [1.29, 1.82) is 5.26 Å². The van der Waals surface area contributed by atoms with Crippen LogP contribution >= 0.6 is 15.9 Å². The minimum atomic E-state index is 0.668. The molecule has 0 aliphatic rings. The molecule has 15 heavy (non-hydrogen) atoms. The number of rotatable bonds is 4. The maximum atomic E-state index is 8.86. The lowest BCUT2D eigenvalue weighted by Gasteiger charge is -2.21. The Hall–Kier alpha value is -1.27. The molecule has 0 aromatic heterocycles. The molecular formula is C12H13BrN2. The molecule has 2 nitrogen and oxygen atoms in total.